The summed E-state index contributed by atoms with van der Waals surface area (Å²) in [7, 11) is 0. The predicted molar refractivity (Wildman–Crippen MR) is 96.4 cm³/mol. The first-order chi connectivity index (χ1) is 11.8. The number of carbonyl (C=O) groups is 2. The fourth-order valence-electron chi connectivity index (χ4n) is 3.74. The van der Waals surface area contributed by atoms with Crippen LogP contribution in [0.4, 0.5) is 0 Å². The second-order valence-corrected chi connectivity index (χ2v) is 7.12. The molecule has 130 valence electrons. The van der Waals surface area contributed by atoms with Gasteiger partial charge in [0.05, 0.1) is 0 Å². The van der Waals surface area contributed by atoms with Crippen LogP contribution >= 0.6 is 23.2 Å². The molecule has 0 unspecified atom stereocenters. The van der Waals surface area contributed by atoms with Crippen LogP contribution in [0.1, 0.15) is 36.8 Å². The molecule has 0 aromatic heterocycles. The molecule has 25 heavy (non-hydrogen) atoms. The summed E-state index contributed by atoms with van der Waals surface area (Å²) in [6.07, 6.45) is 0.432. The van der Waals surface area contributed by atoms with Gasteiger partial charge in [-0.1, -0.05) is 35.3 Å². The number of hydrogen-bond acceptors (Lipinski definition) is 2. The molecule has 0 fully saturated rings. The van der Waals surface area contributed by atoms with E-state index in [-0.39, 0.29) is 25.7 Å². The summed E-state index contributed by atoms with van der Waals surface area (Å²) in [5, 5.41) is 19.5. The number of carboxylic acid groups (broad SMARTS) is 2. The van der Waals surface area contributed by atoms with Crippen molar-refractivity contribution in [3.8, 4) is 11.1 Å². The Hall–Kier alpha value is -2.04. The fourth-order valence-corrected chi connectivity index (χ4v) is 4.09. The molecule has 0 spiro atoms. The van der Waals surface area contributed by atoms with Crippen molar-refractivity contribution < 1.29 is 19.8 Å². The molecule has 0 atom stereocenters. The van der Waals surface area contributed by atoms with Crippen LogP contribution in [0.3, 0.4) is 0 Å². The third kappa shape index (κ3) is 3.24. The highest BCUT2D eigenvalue weighted by Crippen LogP contribution is 2.54. The van der Waals surface area contributed by atoms with Gasteiger partial charge in [-0.15, -0.1) is 0 Å². The molecule has 0 amide bonds. The van der Waals surface area contributed by atoms with E-state index < -0.39 is 17.4 Å². The molecule has 2 aromatic carbocycles. The van der Waals surface area contributed by atoms with Gasteiger partial charge in [0.2, 0.25) is 0 Å². The van der Waals surface area contributed by atoms with Crippen molar-refractivity contribution in [3.05, 3.63) is 57.6 Å². The highest BCUT2D eigenvalue weighted by Gasteiger charge is 2.43. The number of aliphatic carboxylic acids is 2. The highest BCUT2D eigenvalue weighted by atomic mass is 35.5. The number of halogens is 2. The quantitative estimate of drug-likeness (QED) is 0.742. The molecule has 0 saturated heterocycles. The number of benzene rings is 2. The maximum absolute atomic E-state index is 11.2. The maximum atomic E-state index is 11.2. The van der Waals surface area contributed by atoms with E-state index >= 15 is 0 Å². The van der Waals surface area contributed by atoms with Gasteiger partial charge in [0.15, 0.2) is 0 Å². The summed E-state index contributed by atoms with van der Waals surface area (Å²) in [6, 6.07) is 11.0. The van der Waals surface area contributed by atoms with Gasteiger partial charge in [-0.05, 0) is 59.4 Å². The zero-order valence-electron chi connectivity index (χ0n) is 13.3. The monoisotopic (exact) mass is 378 g/mol. The standard InChI is InChI=1S/C19H16Cl2O4/c20-11-1-3-13-14-4-2-12(21)10-16(14)19(15(13)9-11,7-5-17(22)23)8-6-18(24)25/h1-4,9-10H,5-8H2,(H,22,23)(H,24,25). The predicted octanol–water partition coefficient (Wildman–Crippen LogP) is 4.99. The van der Waals surface area contributed by atoms with E-state index in [1.165, 1.54) is 0 Å². The average molecular weight is 379 g/mol. The number of hydrogen-bond donors (Lipinski definition) is 2. The van der Waals surface area contributed by atoms with Crippen LogP contribution in [0.15, 0.2) is 36.4 Å². The van der Waals surface area contributed by atoms with Crippen LogP contribution in [0.2, 0.25) is 10.0 Å². The average Bonchev–Trinajstić information content (AvgIpc) is 2.80. The van der Waals surface area contributed by atoms with Gasteiger partial charge in [0.25, 0.3) is 0 Å². The first kappa shape index (κ1) is 17.8. The second kappa shape index (κ2) is 6.70. The van der Waals surface area contributed by atoms with Crippen molar-refractivity contribution in [1.82, 2.24) is 0 Å². The van der Waals surface area contributed by atoms with Gasteiger partial charge in [0, 0.05) is 28.3 Å². The minimum atomic E-state index is -0.922. The molecule has 4 nitrogen and oxygen atoms in total. The van der Waals surface area contributed by atoms with Crippen molar-refractivity contribution in [1.29, 1.82) is 0 Å². The minimum Gasteiger partial charge on any atom is -0.481 e. The molecule has 0 radical (unpaired) electrons. The Morgan fingerprint density at radius 1 is 0.800 bits per heavy atom. The summed E-state index contributed by atoms with van der Waals surface area (Å²) in [4.78, 5) is 22.5. The third-order valence-electron chi connectivity index (χ3n) is 4.82. The van der Waals surface area contributed by atoms with E-state index in [4.69, 9.17) is 23.2 Å². The van der Waals surface area contributed by atoms with Crippen LogP contribution in [0.25, 0.3) is 11.1 Å². The van der Waals surface area contributed by atoms with Gasteiger partial charge >= 0.3 is 11.9 Å². The van der Waals surface area contributed by atoms with E-state index in [9.17, 15) is 19.8 Å². The zero-order valence-corrected chi connectivity index (χ0v) is 14.8. The smallest absolute Gasteiger partial charge is 0.303 e. The lowest BCUT2D eigenvalue weighted by atomic mass is 9.71. The Bertz CT molecular complexity index is 789. The molecule has 0 bridgehead atoms. The SMILES string of the molecule is O=C(O)CCC1(CCC(=O)O)c2cc(Cl)ccc2-c2ccc(Cl)cc21. The van der Waals surface area contributed by atoms with Crippen LogP contribution < -0.4 is 0 Å². The Morgan fingerprint density at radius 3 is 1.56 bits per heavy atom. The van der Waals surface area contributed by atoms with Gasteiger partial charge < -0.3 is 10.2 Å². The Morgan fingerprint density at radius 2 is 1.20 bits per heavy atom. The lowest BCUT2D eigenvalue weighted by molar-refractivity contribution is -0.137. The fraction of sp³-hybridized carbons (Fsp3) is 0.263. The summed E-state index contributed by atoms with van der Waals surface area (Å²) >= 11 is 12.4. The van der Waals surface area contributed by atoms with Crippen molar-refractivity contribution in [2.24, 2.45) is 0 Å². The molecule has 0 heterocycles. The molecular weight excluding hydrogens is 363 g/mol. The van der Waals surface area contributed by atoms with E-state index in [0.29, 0.717) is 10.0 Å². The van der Waals surface area contributed by atoms with Crippen molar-refractivity contribution in [2.45, 2.75) is 31.1 Å². The molecule has 2 N–H and O–H groups in total. The van der Waals surface area contributed by atoms with Gasteiger partial charge in [0.1, 0.15) is 0 Å². The Balaban J connectivity index is 2.23. The van der Waals surface area contributed by atoms with E-state index in [1.54, 1.807) is 12.1 Å². The van der Waals surface area contributed by atoms with Crippen molar-refractivity contribution >= 4 is 35.1 Å². The third-order valence-corrected chi connectivity index (χ3v) is 5.29. The normalized spacial score (nSPS) is 14.0. The van der Waals surface area contributed by atoms with Crippen molar-refractivity contribution in [2.75, 3.05) is 0 Å². The van der Waals surface area contributed by atoms with E-state index in [2.05, 4.69) is 0 Å². The summed E-state index contributed by atoms with van der Waals surface area (Å²) < 4.78 is 0. The van der Waals surface area contributed by atoms with Gasteiger partial charge in [-0.25, -0.2) is 0 Å². The van der Waals surface area contributed by atoms with Gasteiger partial charge in [-0.3, -0.25) is 9.59 Å². The molecule has 3 rings (SSSR count). The lowest BCUT2D eigenvalue weighted by Gasteiger charge is -2.31. The van der Waals surface area contributed by atoms with E-state index in [0.717, 1.165) is 22.3 Å². The van der Waals surface area contributed by atoms with E-state index in [1.807, 2.05) is 24.3 Å². The lowest BCUT2D eigenvalue weighted by Crippen LogP contribution is -2.27. The number of fused-ring (bicyclic) bond motifs is 3. The van der Waals surface area contributed by atoms with Gasteiger partial charge in [-0.2, -0.15) is 0 Å². The largest absolute Gasteiger partial charge is 0.481 e. The summed E-state index contributed by atoms with van der Waals surface area (Å²) in [6.45, 7) is 0. The Kier molecular flexibility index (Phi) is 4.76. The Labute approximate surface area is 155 Å². The first-order valence-electron chi connectivity index (χ1n) is 7.87. The molecule has 0 saturated carbocycles. The highest BCUT2D eigenvalue weighted by molar-refractivity contribution is 6.31. The summed E-state index contributed by atoms with van der Waals surface area (Å²) in [5.74, 6) is -1.84. The maximum Gasteiger partial charge on any atom is 0.303 e. The topological polar surface area (TPSA) is 74.6 Å². The van der Waals surface area contributed by atoms with Crippen molar-refractivity contribution in [3.63, 3.8) is 0 Å². The molecule has 1 aliphatic carbocycles. The molecule has 1 aliphatic rings. The molecule has 2 aromatic rings. The minimum absolute atomic E-state index is 0.0719. The first-order valence-corrected chi connectivity index (χ1v) is 8.63. The number of rotatable bonds is 6. The molecule has 6 heteroatoms. The number of carboxylic acids is 2. The zero-order chi connectivity index (χ0) is 18.2. The second-order valence-electron chi connectivity index (χ2n) is 6.25. The van der Waals surface area contributed by atoms with Crippen LogP contribution in [-0.2, 0) is 15.0 Å². The van der Waals surface area contributed by atoms with Crippen LogP contribution in [0, 0.1) is 0 Å². The molecule has 0 aliphatic heterocycles. The van der Waals surface area contributed by atoms with Crippen LogP contribution in [-0.4, -0.2) is 22.2 Å². The molecular formula is C19H16Cl2O4. The van der Waals surface area contributed by atoms with Crippen LogP contribution in [0.5, 0.6) is 0 Å². The summed E-state index contributed by atoms with van der Waals surface area (Å²) in [5.41, 5.74) is 2.93.